The SMILES string of the molecule is Cc1cccc2c(N)c(C(=O)N3C(C)CCCC3C)sc12. The Labute approximate surface area is 129 Å². The van der Waals surface area contributed by atoms with Gasteiger partial charge in [-0.2, -0.15) is 0 Å². The van der Waals surface area contributed by atoms with Gasteiger partial charge in [-0.05, 0) is 45.6 Å². The van der Waals surface area contributed by atoms with Crippen LogP contribution in [0, 0.1) is 6.92 Å². The van der Waals surface area contributed by atoms with Crippen molar-refractivity contribution in [2.45, 2.75) is 52.1 Å². The fourth-order valence-electron chi connectivity index (χ4n) is 3.38. The van der Waals surface area contributed by atoms with Gasteiger partial charge in [-0.15, -0.1) is 11.3 Å². The van der Waals surface area contributed by atoms with E-state index in [-0.39, 0.29) is 5.91 Å². The van der Waals surface area contributed by atoms with E-state index >= 15 is 0 Å². The lowest BCUT2D eigenvalue weighted by Crippen LogP contribution is -2.47. The topological polar surface area (TPSA) is 46.3 Å². The van der Waals surface area contributed by atoms with Crippen molar-refractivity contribution in [3.05, 3.63) is 28.6 Å². The number of hydrogen-bond donors (Lipinski definition) is 1. The number of rotatable bonds is 1. The fraction of sp³-hybridized carbons (Fsp3) is 0.471. The lowest BCUT2D eigenvalue weighted by Gasteiger charge is -2.38. The number of fused-ring (bicyclic) bond motifs is 1. The minimum atomic E-state index is 0.104. The van der Waals surface area contributed by atoms with Crippen LogP contribution in [-0.4, -0.2) is 22.9 Å². The number of hydrogen-bond acceptors (Lipinski definition) is 3. The Balaban J connectivity index is 2.05. The first kappa shape index (κ1) is 14.4. The van der Waals surface area contributed by atoms with Crippen molar-refractivity contribution in [3.63, 3.8) is 0 Å². The van der Waals surface area contributed by atoms with Crippen LogP contribution in [0.4, 0.5) is 5.69 Å². The van der Waals surface area contributed by atoms with E-state index in [1.54, 1.807) is 11.3 Å². The Morgan fingerprint density at radius 2 is 1.95 bits per heavy atom. The van der Waals surface area contributed by atoms with Crippen molar-refractivity contribution in [2.75, 3.05) is 5.73 Å². The second-order valence-electron chi connectivity index (χ2n) is 6.14. The summed E-state index contributed by atoms with van der Waals surface area (Å²) in [5, 5.41) is 1.01. The number of anilines is 1. The van der Waals surface area contributed by atoms with Gasteiger partial charge in [0.05, 0.1) is 5.69 Å². The molecule has 1 fully saturated rings. The van der Waals surface area contributed by atoms with Crippen LogP contribution in [0.15, 0.2) is 18.2 Å². The minimum Gasteiger partial charge on any atom is -0.397 e. The van der Waals surface area contributed by atoms with Crippen LogP contribution in [0.25, 0.3) is 10.1 Å². The standard InChI is InChI=1S/C17H22N2OS/c1-10-6-4-9-13-14(18)16(21-15(10)13)17(20)19-11(2)7-5-8-12(19)3/h4,6,9,11-12H,5,7-8,18H2,1-3H3. The predicted molar refractivity (Wildman–Crippen MR) is 89.9 cm³/mol. The smallest absolute Gasteiger partial charge is 0.266 e. The molecule has 2 unspecified atom stereocenters. The normalized spacial score (nSPS) is 22.7. The molecule has 3 rings (SSSR count). The van der Waals surface area contributed by atoms with Crippen LogP contribution in [-0.2, 0) is 0 Å². The summed E-state index contributed by atoms with van der Waals surface area (Å²) in [5.74, 6) is 0.104. The molecule has 0 spiro atoms. The van der Waals surface area contributed by atoms with Crippen LogP contribution in [0.1, 0.15) is 48.3 Å². The van der Waals surface area contributed by atoms with Crippen molar-refractivity contribution >= 4 is 33.0 Å². The van der Waals surface area contributed by atoms with Crippen molar-refractivity contribution < 1.29 is 4.79 Å². The highest BCUT2D eigenvalue weighted by Crippen LogP contribution is 2.37. The molecule has 0 bridgehead atoms. The quantitative estimate of drug-likeness (QED) is 0.858. The van der Waals surface area contributed by atoms with Gasteiger partial charge in [0, 0.05) is 22.2 Å². The monoisotopic (exact) mass is 302 g/mol. The van der Waals surface area contributed by atoms with Gasteiger partial charge in [0.1, 0.15) is 4.88 Å². The van der Waals surface area contributed by atoms with Crippen LogP contribution < -0.4 is 5.73 Å². The summed E-state index contributed by atoms with van der Waals surface area (Å²) >= 11 is 1.54. The van der Waals surface area contributed by atoms with Crippen molar-refractivity contribution in [2.24, 2.45) is 0 Å². The number of carbonyl (C=O) groups is 1. The second-order valence-corrected chi connectivity index (χ2v) is 7.16. The summed E-state index contributed by atoms with van der Waals surface area (Å²) in [7, 11) is 0. The average molecular weight is 302 g/mol. The Morgan fingerprint density at radius 3 is 2.57 bits per heavy atom. The first-order valence-electron chi connectivity index (χ1n) is 7.61. The van der Waals surface area contributed by atoms with Crippen molar-refractivity contribution in [3.8, 4) is 0 Å². The number of aryl methyl sites for hydroxylation is 1. The summed E-state index contributed by atoms with van der Waals surface area (Å²) in [6.07, 6.45) is 3.37. The van der Waals surface area contributed by atoms with E-state index < -0.39 is 0 Å². The van der Waals surface area contributed by atoms with E-state index in [1.165, 1.54) is 12.0 Å². The van der Waals surface area contributed by atoms with Crippen molar-refractivity contribution in [1.82, 2.24) is 4.90 Å². The van der Waals surface area contributed by atoms with Crippen LogP contribution in [0.2, 0.25) is 0 Å². The number of thiophene rings is 1. The molecule has 2 atom stereocenters. The highest BCUT2D eigenvalue weighted by molar-refractivity contribution is 7.21. The number of nitrogen functional groups attached to an aromatic ring is 1. The Bertz CT molecular complexity index is 681. The molecule has 2 aromatic rings. The maximum atomic E-state index is 13.0. The van der Waals surface area contributed by atoms with E-state index in [9.17, 15) is 4.79 Å². The lowest BCUT2D eigenvalue weighted by molar-refractivity contribution is 0.0517. The molecule has 1 aromatic heterocycles. The van der Waals surface area contributed by atoms with Crippen LogP contribution >= 0.6 is 11.3 Å². The number of amides is 1. The second kappa shape index (κ2) is 5.34. The van der Waals surface area contributed by atoms with Crippen LogP contribution in [0.3, 0.4) is 0 Å². The molecule has 21 heavy (non-hydrogen) atoms. The molecule has 2 heterocycles. The molecule has 1 saturated heterocycles. The van der Waals surface area contributed by atoms with E-state index in [0.717, 1.165) is 22.9 Å². The van der Waals surface area contributed by atoms with Crippen LogP contribution in [0.5, 0.6) is 0 Å². The molecule has 4 heteroatoms. The van der Waals surface area contributed by atoms with Gasteiger partial charge in [0.15, 0.2) is 0 Å². The van der Waals surface area contributed by atoms with E-state index in [4.69, 9.17) is 5.73 Å². The molecule has 3 nitrogen and oxygen atoms in total. The number of piperidine rings is 1. The predicted octanol–water partition coefficient (Wildman–Crippen LogP) is 4.20. The third-order valence-corrected chi connectivity index (χ3v) is 5.92. The molecule has 1 aromatic carbocycles. The summed E-state index contributed by atoms with van der Waals surface area (Å²) < 4.78 is 1.13. The zero-order chi connectivity index (χ0) is 15.1. The molecule has 1 amide bonds. The molecular weight excluding hydrogens is 280 g/mol. The molecule has 1 aliphatic heterocycles. The third-order valence-electron chi connectivity index (χ3n) is 4.57. The zero-order valence-corrected chi connectivity index (χ0v) is 13.7. The Kier molecular flexibility index (Phi) is 3.66. The lowest BCUT2D eigenvalue weighted by atomic mass is 9.97. The summed E-state index contributed by atoms with van der Waals surface area (Å²) in [6.45, 7) is 6.35. The number of nitrogens with zero attached hydrogens (tertiary/aromatic N) is 1. The minimum absolute atomic E-state index is 0.104. The summed E-state index contributed by atoms with van der Waals surface area (Å²) in [6, 6.07) is 6.67. The molecule has 1 aliphatic rings. The molecule has 2 N–H and O–H groups in total. The first-order valence-corrected chi connectivity index (χ1v) is 8.42. The average Bonchev–Trinajstić information content (AvgIpc) is 2.78. The Hall–Kier alpha value is -1.55. The number of benzene rings is 1. The number of likely N-dealkylation sites (tertiary alicyclic amines) is 1. The molecular formula is C17H22N2OS. The summed E-state index contributed by atoms with van der Waals surface area (Å²) in [5.41, 5.74) is 8.10. The molecule has 0 aliphatic carbocycles. The molecule has 0 radical (unpaired) electrons. The highest BCUT2D eigenvalue weighted by atomic mass is 32.1. The van der Waals surface area contributed by atoms with Gasteiger partial charge >= 0.3 is 0 Å². The number of carbonyl (C=O) groups excluding carboxylic acids is 1. The highest BCUT2D eigenvalue weighted by Gasteiger charge is 2.32. The maximum absolute atomic E-state index is 13.0. The van der Waals surface area contributed by atoms with E-state index in [2.05, 4.69) is 26.8 Å². The van der Waals surface area contributed by atoms with E-state index in [0.29, 0.717) is 22.6 Å². The van der Waals surface area contributed by atoms with Gasteiger partial charge in [-0.1, -0.05) is 18.2 Å². The van der Waals surface area contributed by atoms with Gasteiger partial charge in [0.25, 0.3) is 5.91 Å². The van der Waals surface area contributed by atoms with Gasteiger partial charge in [0.2, 0.25) is 0 Å². The Morgan fingerprint density at radius 1 is 1.29 bits per heavy atom. The number of nitrogens with two attached hydrogens (primary N) is 1. The van der Waals surface area contributed by atoms with E-state index in [1.807, 2.05) is 17.0 Å². The summed E-state index contributed by atoms with van der Waals surface area (Å²) in [4.78, 5) is 15.7. The van der Waals surface area contributed by atoms with Gasteiger partial charge in [-0.25, -0.2) is 0 Å². The molecule has 112 valence electrons. The van der Waals surface area contributed by atoms with Gasteiger partial charge in [-0.3, -0.25) is 4.79 Å². The third kappa shape index (κ3) is 2.31. The largest absolute Gasteiger partial charge is 0.397 e. The maximum Gasteiger partial charge on any atom is 0.266 e. The zero-order valence-electron chi connectivity index (χ0n) is 12.8. The molecule has 0 saturated carbocycles. The van der Waals surface area contributed by atoms with Gasteiger partial charge < -0.3 is 10.6 Å². The van der Waals surface area contributed by atoms with Crippen molar-refractivity contribution in [1.29, 1.82) is 0 Å². The first-order chi connectivity index (χ1) is 10.0. The fourth-order valence-corrected chi connectivity index (χ4v) is 4.51.